The van der Waals surface area contributed by atoms with Gasteiger partial charge in [0.25, 0.3) is 0 Å². The summed E-state index contributed by atoms with van der Waals surface area (Å²) in [6, 6.07) is 0. The first-order valence-corrected chi connectivity index (χ1v) is 34.0. The summed E-state index contributed by atoms with van der Waals surface area (Å²) in [4.78, 5) is 29.1. The summed E-state index contributed by atoms with van der Waals surface area (Å²) in [5.41, 5.74) is -2.48. The lowest BCUT2D eigenvalue weighted by Gasteiger charge is -2.63. The molecule has 3 saturated carbocycles. The molecule has 31 heteroatoms. The quantitative estimate of drug-likeness (QED) is 0.0315. The number of esters is 1. The molecule has 1 unspecified atom stereocenters. The highest BCUT2D eigenvalue weighted by Crippen LogP contribution is 2.75. The number of hydrogen-bond donors (Lipinski definition) is 15. The van der Waals surface area contributed by atoms with Gasteiger partial charge < -0.3 is 143 Å². The number of aliphatic hydroxyl groups is 15. The van der Waals surface area contributed by atoms with E-state index in [4.69, 9.17) is 66.3 Å². The number of ether oxygens (including phenoxy) is 14. The Labute approximate surface area is 556 Å². The third kappa shape index (κ3) is 12.8. The zero-order valence-electron chi connectivity index (χ0n) is 55.8. The first-order chi connectivity index (χ1) is 45.3. The van der Waals surface area contributed by atoms with E-state index in [9.17, 15) is 86.2 Å². The van der Waals surface area contributed by atoms with Crippen molar-refractivity contribution in [3.63, 3.8) is 0 Å². The molecule has 1 spiro atoms. The van der Waals surface area contributed by atoms with Crippen molar-refractivity contribution < 1.29 is 153 Å². The van der Waals surface area contributed by atoms with Gasteiger partial charge in [-0.25, -0.2) is 0 Å². The maximum absolute atomic E-state index is 14.6. The second-order valence-corrected chi connectivity index (χ2v) is 30.4. The Hall–Kier alpha value is -2.24. The van der Waals surface area contributed by atoms with Crippen molar-refractivity contribution in [1.29, 1.82) is 0 Å². The molecule has 7 aliphatic heterocycles. The number of cyclic esters (lactones) is 1. The van der Waals surface area contributed by atoms with Crippen molar-refractivity contribution in [2.75, 3.05) is 40.1 Å². The fourth-order valence-electron chi connectivity index (χ4n) is 18.6. The van der Waals surface area contributed by atoms with Crippen LogP contribution in [-0.2, 0) is 75.9 Å². The van der Waals surface area contributed by atoms with Gasteiger partial charge in [0.1, 0.15) is 140 Å². The number of aliphatic hydroxyl groups excluding tert-OH is 15. The minimum atomic E-state index is -2.04. The van der Waals surface area contributed by atoms with Crippen LogP contribution in [0.5, 0.6) is 0 Å². The van der Waals surface area contributed by atoms with Crippen molar-refractivity contribution >= 4 is 11.8 Å². The van der Waals surface area contributed by atoms with Crippen LogP contribution < -0.4 is 0 Å². The van der Waals surface area contributed by atoms with Crippen LogP contribution in [-0.4, -0.2) is 312 Å². The van der Waals surface area contributed by atoms with Crippen LogP contribution in [0.25, 0.3) is 0 Å². The number of fused-ring (bicyclic) bond motifs is 4. The van der Waals surface area contributed by atoms with Gasteiger partial charge in [-0.05, 0) is 92.8 Å². The Morgan fingerprint density at radius 2 is 1.11 bits per heavy atom. The number of allylic oxidation sites excluding steroid dienone is 2. The first-order valence-electron chi connectivity index (χ1n) is 34.0. The molecule has 36 atom stereocenters. The van der Waals surface area contributed by atoms with Crippen molar-refractivity contribution in [2.45, 2.75) is 297 Å². The Kier molecular flexibility index (Phi) is 22.5. The lowest BCUT2D eigenvalue weighted by molar-refractivity contribution is -0.394. The second kappa shape index (κ2) is 28.8. The molecular formula is C65H104O31. The fraction of sp³-hybridized carbons (Fsp3) is 0.938. The summed E-state index contributed by atoms with van der Waals surface area (Å²) in [5, 5.41) is 165. The SMILES string of the molecule is CO[C@@H]1[C@@H](O)[C@H](O[C@@H]2[C@@H](O)[C@H](O[C@@H]3CO[C@@H](O[C@H]4CC[C@]5(C)C6=CCC78C(=O)O[C@@](C)(CCCC(C)C)[C@H]7C(=O)C[C@@]8(C)[C@@H]6CC[C@H]5C4(C)C)[C@H](O[C@@H]4O[C@H](C)[C@@H](O[C@@H]5OC[C@@H](O)[C@H](O[C@@H]6O[C@H](CO)[C@@H](O)[C@H](O)[C@H]6O)[C@H]5O)[C@H](O)[C@H]4O)[C@H]3O)O[C@H](CO)[C@H]2O)O[C@H](CO)[C@H]1O. The van der Waals surface area contributed by atoms with Gasteiger partial charge in [0, 0.05) is 13.5 Å². The maximum Gasteiger partial charge on any atom is 0.314 e. The average molecular weight is 1380 g/mol. The van der Waals surface area contributed by atoms with Crippen molar-refractivity contribution in [1.82, 2.24) is 0 Å². The number of Topliss-reactive ketones (excluding diaryl/α,β-unsaturated/α-hetero) is 1. The van der Waals surface area contributed by atoms with E-state index in [2.05, 4.69) is 47.6 Å². The third-order valence-electron chi connectivity index (χ3n) is 23.9. The summed E-state index contributed by atoms with van der Waals surface area (Å²) in [5.74, 6) is -0.456. The molecule has 550 valence electrons. The topological polar surface area (TPSA) is 467 Å². The molecule has 0 aromatic rings. The highest BCUT2D eigenvalue weighted by atomic mass is 16.8. The molecular weight excluding hydrogens is 1280 g/mol. The molecule has 0 amide bonds. The zero-order valence-corrected chi connectivity index (χ0v) is 55.8. The molecule has 4 aliphatic carbocycles. The molecule has 7 saturated heterocycles. The molecule has 11 aliphatic rings. The van der Waals surface area contributed by atoms with Gasteiger partial charge in [-0.1, -0.05) is 59.6 Å². The second-order valence-electron chi connectivity index (χ2n) is 30.4. The Morgan fingerprint density at radius 1 is 0.562 bits per heavy atom. The number of rotatable bonds is 20. The number of ketones is 1. The van der Waals surface area contributed by atoms with Crippen LogP contribution in [0.2, 0.25) is 0 Å². The van der Waals surface area contributed by atoms with Crippen LogP contribution in [0.4, 0.5) is 0 Å². The lowest BCUT2D eigenvalue weighted by atomic mass is 9.41. The summed E-state index contributed by atoms with van der Waals surface area (Å²) < 4.78 is 84.3. The van der Waals surface area contributed by atoms with E-state index in [0.717, 1.165) is 12.8 Å². The van der Waals surface area contributed by atoms with Gasteiger partial charge >= 0.3 is 5.97 Å². The third-order valence-corrected chi connectivity index (χ3v) is 23.9. The monoisotopic (exact) mass is 1380 g/mol. The molecule has 0 aromatic carbocycles. The molecule has 15 N–H and O–H groups in total. The fourth-order valence-corrected chi connectivity index (χ4v) is 18.6. The number of methoxy groups -OCH3 is 1. The number of carbonyl (C=O) groups excluding carboxylic acids is 2. The van der Waals surface area contributed by atoms with Gasteiger partial charge in [-0.15, -0.1) is 0 Å². The van der Waals surface area contributed by atoms with Crippen LogP contribution in [0.15, 0.2) is 11.6 Å². The largest absolute Gasteiger partial charge is 0.458 e. The van der Waals surface area contributed by atoms with Crippen LogP contribution >= 0.6 is 0 Å². The maximum atomic E-state index is 14.6. The van der Waals surface area contributed by atoms with Gasteiger partial charge in [-0.3, -0.25) is 9.59 Å². The molecule has 11 rings (SSSR count). The Bertz CT molecular complexity index is 2710. The van der Waals surface area contributed by atoms with Crippen molar-refractivity contribution in [2.24, 2.45) is 45.3 Å². The molecule has 7 heterocycles. The summed E-state index contributed by atoms with van der Waals surface area (Å²) >= 11 is 0. The highest BCUT2D eigenvalue weighted by molar-refractivity contribution is 5.99. The minimum Gasteiger partial charge on any atom is -0.458 e. The van der Waals surface area contributed by atoms with Crippen molar-refractivity contribution in [3.05, 3.63) is 11.6 Å². The molecule has 0 bridgehead atoms. The standard InChI is InChI=1S/C65H104O31/c1-25(2)11-10-16-64(8)53-29(69)19-63(7)28-12-13-35-61(4,5)36(15-17-62(35,6)27(28)14-18-65(53,63)60(82)96-64)91-59-52(40(74)34(24-85-59)90-57-47(81)51(39(73)33(22-68)88-57)94-58-46(80)50(83-9)38(72)32(21-67)89-58)95-55-44(78)42(76)48(26(3)86-55)92-54-45(79)49(30(70)23-84-54)93-56-43(77)41(75)37(71)31(20-66)87-56/h14,25-26,28,30-59,66-68,70-81H,10-13,15-24H2,1-9H3/t26-,28-,30-,31-,32-,33-,34-,35+,36+,37-,38-,39-,40+,41+,42-,43-,44-,45-,46-,47-,48-,49+,50+,51+,52-,53-,54+,55+,56+,57+,58+,59+,62-,63+,64+,65?/m1/s1. The first kappa shape index (κ1) is 74.9. The summed E-state index contributed by atoms with van der Waals surface area (Å²) in [6.07, 6.45) is -40.6. The van der Waals surface area contributed by atoms with E-state index in [1.807, 2.05) is 6.92 Å². The van der Waals surface area contributed by atoms with Crippen molar-refractivity contribution in [3.8, 4) is 0 Å². The Balaban J connectivity index is 0.828. The van der Waals surface area contributed by atoms with Gasteiger partial charge in [0.2, 0.25) is 0 Å². The van der Waals surface area contributed by atoms with Gasteiger partial charge in [0.05, 0.1) is 56.6 Å². The minimum absolute atomic E-state index is 0.0476. The summed E-state index contributed by atoms with van der Waals surface area (Å²) in [7, 11) is 1.19. The molecule has 0 aromatic heterocycles. The zero-order chi connectivity index (χ0) is 69.8. The molecule has 96 heavy (non-hydrogen) atoms. The van der Waals surface area contributed by atoms with E-state index in [0.29, 0.717) is 44.4 Å². The predicted molar refractivity (Wildman–Crippen MR) is 320 cm³/mol. The van der Waals surface area contributed by atoms with E-state index in [1.165, 1.54) is 19.6 Å². The summed E-state index contributed by atoms with van der Waals surface area (Å²) in [6.45, 7) is 12.7. The average Bonchev–Trinajstić information content (AvgIpc) is 1.47. The normalized spacial score (nSPS) is 52.7. The van der Waals surface area contributed by atoms with Crippen LogP contribution in [0.1, 0.15) is 113 Å². The van der Waals surface area contributed by atoms with Crippen LogP contribution in [0.3, 0.4) is 0 Å². The molecule has 10 fully saturated rings. The van der Waals surface area contributed by atoms with E-state index in [1.54, 1.807) is 0 Å². The van der Waals surface area contributed by atoms with E-state index in [-0.39, 0.29) is 30.0 Å². The highest BCUT2D eigenvalue weighted by Gasteiger charge is 2.79. The molecule has 31 nitrogen and oxygen atoms in total. The smallest absolute Gasteiger partial charge is 0.314 e. The lowest BCUT2D eigenvalue weighted by Crippen LogP contribution is -2.67. The van der Waals surface area contributed by atoms with Gasteiger partial charge in [0.15, 0.2) is 37.7 Å². The number of carbonyl (C=O) groups is 2. The van der Waals surface area contributed by atoms with E-state index >= 15 is 0 Å². The predicted octanol–water partition coefficient (Wildman–Crippen LogP) is -3.84. The number of hydrogen-bond acceptors (Lipinski definition) is 31. The molecule has 0 radical (unpaired) electrons. The van der Waals surface area contributed by atoms with E-state index < -0.39 is 244 Å². The van der Waals surface area contributed by atoms with Gasteiger partial charge in [-0.2, -0.15) is 0 Å². The van der Waals surface area contributed by atoms with Crippen LogP contribution in [0, 0.1) is 45.3 Å². The Morgan fingerprint density at radius 3 is 1.76 bits per heavy atom.